The van der Waals surface area contributed by atoms with Crippen LogP contribution >= 0.6 is 0 Å². The van der Waals surface area contributed by atoms with E-state index in [1.54, 1.807) is 10.6 Å². The predicted octanol–water partition coefficient (Wildman–Crippen LogP) is 2.40. The minimum absolute atomic E-state index is 0.204. The highest BCUT2D eigenvalue weighted by molar-refractivity contribution is 5.77. The lowest BCUT2D eigenvalue weighted by atomic mass is 10.1. The zero-order valence-electron chi connectivity index (χ0n) is 14.4. The number of rotatable bonds is 7. The summed E-state index contributed by atoms with van der Waals surface area (Å²) in [4.78, 5) is 26.7. The quantitative estimate of drug-likeness (QED) is 0.774. The van der Waals surface area contributed by atoms with E-state index >= 15 is 0 Å². The largest absolute Gasteiger partial charge is 0.419 e. The number of aromatic nitrogens is 1. The lowest BCUT2D eigenvalue weighted by molar-refractivity contribution is -0.132. The first kappa shape index (κ1) is 16.4. The average molecular weight is 344 g/mol. The van der Waals surface area contributed by atoms with Crippen LogP contribution in [-0.2, 0) is 16.1 Å². The molecule has 2 aliphatic rings. The highest BCUT2D eigenvalue weighted by atomic mass is 16.5. The number of benzene rings is 1. The van der Waals surface area contributed by atoms with Gasteiger partial charge in [0.25, 0.3) is 0 Å². The number of carbonyl (C=O) groups is 1. The van der Waals surface area contributed by atoms with Gasteiger partial charge in [-0.05, 0) is 37.8 Å². The zero-order valence-corrected chi connectivity index (χ0v) is 14.4. The maximum absolute atomic E-state index is 12.7. The number of carbonyl (C=O) groups excluding carboxylic acids is 1. The standard InChI is InChI=1S/C19H24N2O4/c22-18(21(15-7-8-15)12-14-9-11-24-13-14)6-3-10-20-16-4-1-2-5-17(16)25-19(20)23/h1-2,4-5,14-15H,3,6-13H2. The van der Waals surface area contributed by atoms with Crippen molar-refractivity contribution in [3.05, 3.63) is 34.8 Å². The topological polar surface area (TPSA) is 64.7 Å². The van der Waals surface area contributed by atoms with Crippen LogP contribution in [0.4, 0.5) is 0 Å². The van der Waals surface area contributed by atoms with E-state index in [1.807, 2.05) is 18.2 Å². The van der Waals surface area contributed by atoms with Crippen LogP contribution in [0.5, 0.6) is 0 Å². The molecule has 134 valence electrons. The Hall–Kier alpha value is -2.08. The molecule has 1 aliphatic carbocycles. The van der Waals surface area contributed by atoms with Crippen molar-refractivity contribution in [1.29, 1.82) is 0 Å². The lowest BCUT2D eigenvalue weighted by Crippen LogP contribution is -2.37. The molecule has 1 saturated carbocycles. The molecule has 1 atom stereocenters. The Morgan fingerprint density at radius 2 is 2.08 bits per heavy atom. The predicted molar refractivity (Wildman–Crippen MR) is 93.4 cm³/mol. The first-order valence-electron chi connectivity index (χ1n) is 9.18. The molecule has 1 aromatic carbocycles. The molecule has 2 heterocycles. The van der Waals surface area contributed by atoms with Gasteiger partial charge in [0.05, 0.1) is 12.1 Å². The van der Waals surface area contributed by atoms with E-state index in [0.29, 0.717) is 36.9 Å². The molecule has 1 aromatic heterocycles. The number of fused-ring (bicyclic) bond motifs is 1. The van der Waals surface area contributed by atoms with Gasteiger partial charge in [-0.15, -0.1) is 0 Å². The third-order valence-electron chi connectivity index (χ3n) is 5.13. The Morgan fingerprint density at radius 1 is 1.24 bits per heavy atom. The highest BCUT2D eigenvalue weighted by Crippen LogP contribution is 2.29. The molecule has 4 rings (SSSR count). The monoisotopic (exact) mass is 344 g/mol. The normalized spacial score (nSPS) is 20.2. The molecule has 1 saturated heterocycles. The van der Waals surface area contributed by atoms with Gasteiger partial charge in [-0.3, -0.25) is 9.36 Å². The van der Waals surface area contributed by atoms with E-state index in [2.05, 4.69) is 4.90 Å². The van der Waals surface area contributed by atoms with E-state index in [0.717, 1.165) is 44.5 Å². The number of ether oxygens (including phenoxy) is 1. The van der Waals surface area contributed by atoms with Gasteiger partial charge >= 0.3 is 5.76 Å². The molecule has 0 bridgehead atoms. The maximum Gasteiger partial charge on any atom is 0.419 e. The molecule has 2 fully saturated rings. The molecule has 2 aromatic rings. The van der Waals surface area contributed by atoms with Crippen molar-refractivity contribution in [2.45, 2.75) is 44.7 Å². The van der Waals surface area contributed by atoms with Crippen LogP contribution in [0.2, 0.25) is 0 Å². The fourth-order valence-corrected chi connectivity index (χ4v) is 3.60. The summed E-state index contributed by atoms with van der Waals surface area (Å²) < 4.78 is 12.3. The van der Waals surface area contributed by atoms with Crippen LogP contribution in [0, 0.1) is 5.92 Å². The minimum Gasteiger partial charge on any atom is -0.408 e. The Bertz CT molecular complexity index is 799. The van der Waals surface area contributed by atoms with Gasteiger partial charge in [-0.25, -0.2) is 4.79 Å². The number of para-hydroxylation sites is 2. The zero-order chi connectivity index (χ0) is 17.2. The summed E-state index contributed by atoms with van der Waals surface area (Å²) >= 11 is 0. The Kier molecular flexibility index (Phi) is 4.61. The van der Waals surface area contributed by atoms with E-state index in [-0.39, 0.29) is 11.7 Å². The van der Waals surface area contributed by atoms with Gasteiger partial charge in [0.2, 0.25) is 5.91 Å². The smallest absolute Gasteiger partial charge is 0.408 e. The third-order valence-corrected chi connectivity index (χ3v) is 5.13. The minimum atomic E-state index is -0.351. The molecule has 1 amide bonds. The number of hydrogen-bond donors (Lipinski definition) is 0. The van der Waals surface area contributed by atoms with Crippen LogP contribution in [0.3, 0.4) is 0 Å². The fraction of sp³-hybridized carbons (Fsp3) is 0.579. The van der Waals surface area contributed by atoms with Crippen molar-refractivity contribution in [3.8, 4) is 0 Å². The molecule has 0 radical (unpaired) electrons. The first-order chi connectivity index (χ1) is 12.2. The number of amides is 1. The highest BCUT2D eigenvalue weighted by Gasteiger charge is 2.34. The number of nitrogens with zero attached hydrogens (tertiary/aromatic N) is 2. The van der Waals surface area contributed by atoms with Crippen molar-refractivity contribution >= 4 is 17.0 Å². The molecule has 6 heteroatoms. The van der Waals surface area contributed by atoms with E-state index in [1.165, 1.54) is 0 Å². The average Bonchev–Trinajstić information content (AvgIpc) is 3.22. The van der Waals surface area contributed by atoms with Gasteiger partial charge in [0, 0.05) is 38.1 Å². The molecular formula is C19H24N2O4. The first-order valence-corrected chi connectivity index (χ1v) is 9.18. The molecule has 1 unspecified atom stereocenters. The Labute approximate surface area is 146 Å². The number of oxazole rings is 1. The second-order valence-electron chi connectivity index (χ2n) is 7.10. The van der Waals surface area contributed by atoms with Crippen molar-refractivity contribution in [3.63, 3.8) is 0 Å². The summed E-state index contributed by atoms with van der Waals surface area (Å²) in [5.41, 5.74) is 1.39. The summed E-state index contributed by atoms with van der Waals surface area (Å²) in [6.07, 6.45) is 4.39. The molecule has 25 heavy (non-hydrogen) atoms. The molecule has 6 nitrogen and oxygen atoms in total. The summed E-state index contributed by atoms with van der Waals surface area (Å²) in [5, 5.41) is 0. The Balaban J connectivity index is 1.35. The second kappa shape index (κ2) is 7.04. The SMILES string of the molecule is O=C(CCCn1c(=O)oc2ccccc21)N(CC1CCOC1)C1CC1. The molecule has 1 aliphatic heterocycles. The van der Waals surface area contributed by atoms with Crippen LogP contribution in [0.25, 0.3) is 11.1 Å². The van der Waals surface area contributed by atoms with Crippen LogP contribution in [0.1, 0.15) is 32.1 Å². The van der Waals surface area contributed by atoms with E-state index < -0.39 is 0 Å². The molecular weight excluding hydrogens is 320 g/mol. The molecule has 0 N–H and O–H groups in total. The number of hydrogen-bond acceptors (Lipinski definition) is 4. The Morgan fingerprint density at radius 3 is 2.84 bits per heavy atom. The maximum atomic E-state index is 12.7. The van der Waals surface area contributed by atoms with Gasteiger partial charge in [0.1, 0.15) is 0 Å². The van der Waals surface area contributed by atoms with Gasteiger partial charge in [-0.2, -0.15) is 0 Å². The molecule has 0 spiro atoms. The van der Waals surface area contributed by atoms with Gasteiger partial charge in [-0.1, -0.05) is 12.1 Å². The lowest BCUT2D eigenvalue weighted by Gasteiger charge is -2.25. The van der Waals surface area contributed by atoms with Crippen molar-refractivity contribution in [1.82, 2.24) is 9.47 Å². The fourth-order valence-electron chi connectivity index (χ4n) is 3.60. The summed E-state index contributed by atoms with van der Waals surface area (Å²) in [6.45, 7) is 2.91. The van der Waals surface area contributed by atoms with Crippen molar-refractivity contribution in [2.24, 2.45) is 5.92 Å². The van der Waals surface area contributed by atoms with E-state index in [4.69, 9.17) is 9.15 Å². The van der Waals surface area contributed by atoms with Gasteiger partial charge < -0.3 is 14.1 Å². The van der Waals surface area contributed by atoms with Gasteiger partial charge in [0.15, 0.2) is 5.58 Å². The number of aryl methyl sites for hydroxylation is 1. The van der Waals surface area contributed by atoms with Crippen molar-refractivity contribution < 1.29 is 13.9 Å². The van der Waals surface area contributed by atoms with E-state index in [9.17, 15) is 9.59 Å². The third kappa shape index (κ3) is 3.63. The van der Waals surface area contributed by atoms with Crippen LogP contribution < -0.4 is 5.76 Å². The summed E-state index contributed by atoms with van der Waals surface area (Å²) in [5.74, 6) is 0.330. The summed E-state index contributed by atoms with van der Waals surface area (Å²) in [6, 6.07) is 7.82. The summed E-state index contributed by atoms with van der Waals surface area (Å²) in [7, 11) is 0. The van der Waals surface area contributed by atoms with Crippen LogP contribution in [0.15, 0.2) is 33.5 Å². The van der Waals surface area contributed by atoms with Crippen LogP contribution in [-0.4, -0.2) is 41.2 Å². The van der Waals surface area contributed by atoms with Crippen molar-refractivity contribution in [2.75, 3.05) is 19.8 Å². The second-order valence-corrected chi connectivity index (χ2v) is 7.10.